The fourth-order valence-electron chi connectivity index (χ4n) is 3.39. The van der Waals surface area contributed by atoms with Crippen molar-refractivity contribution in [1.82, 2.24) is 0 Å². The normalized spacial score (nSPS) is 15.7. The number of amides is 1. The fraction of sp³-hybridized carbons (Fsp3) is 0.185. The van der Waals surface area contributed by atoms with Gasteiger partial charge in [-0.05, 0) is 97.4 Å². The van der Waals surface area contributed by atoms with Crippen molar-refractivity contribution in [2.75, 3.05) is 18.1 Å². The summed E-state index contributed by atoms with van der Waals surface area (Å²) in [5, 5.41) is 1.73. The Labute approximate surface area is 233 Å². The third-order valence-corrected chi connectivity index (χ3v) is 7.21. The second kappa shape index (κ2) is 12.2. The molecule has 0 unspecified atom stereocenters. The molecule has 186 valence electrons. The van der Waals surface area contributed by atoms with Gasteiger partial charge < -0.3 is 9.47 Å². The molecule has 0 radical (unpaired) electrons. The van der Waals surface area contributed by atoms with E-state index in [0.29, 0.717) is 56.2 Å². The molecular formula is C27H23BrCl2N2O3S. The van der Waals surface area contributed by atoms with Crippen LogP contribution in [0.1, 0.15) is 25.8 Å². The minimum Gasteiger partial charge on any atom is -0.490 e. The largest absolute Gasteiger partial charge is 0.490 e. The van der Waals surface area contributed by atoms with E-state index in [4.69, 9.17) is 37.7 Å². The summed E-state index contributed by atoms with van der Waals surface area (Å²) in [6.07, 6.45) is 2.72. The summed E-state index contributed by atoms with van der Waals surface area (Å²) in [6.45, 7) is 5.05. The predicted molar refractivity (Wildman–Crippen MR) is 154 cm³/mol. The Morgan fingerprint density at radius 3 is 2.25 bits per heavy atom. The average molecular weight is 606 g/mol. The number of anilines is 1. The summed E-state index contributed by atoms with van der Waals surface area (Å²) in [6, 6.07) is 18.0. The van der Waals surface area contributed by atoms with E-state index in [2.05, 4.69) is 15.9 Å². The van der Waals surface area contributed by atoms with Crippen molar-refractivity contribution in [1.29, 1.82) is 0 Å². The van der Waals surface area contributed by atoms with Crippen LogP contribution in [-0.4, -0.2) is 24.3 Å². The number of thioether (sulfide) groups is 1. The third-order valence-electron chi connectivity index (χ3n) is 5.05. The van der Waals surface area contributed by atoms with Gasteiger partial charge in [-0.15, -0.1) is 0 Å². The molecule has 5 nitrogen and oxygen atoms in total. The Morgan fingerprint density at radius 1 is 0.972 bits per heavy atom. The van der Waals surface area contributed by atoms with Gasteiger partial charge in [0.15, 0.2) is 16.7 Å². The summed E-state index contributed by atoms with van der Waals surface area (Å²) in [4.78, 5) is 20.4. The van der Waals surface area contributed by atoms with Crippen LogP contribution in [0.5, 0.6) is 11.5 Å². The quantitative estimate of drug-likeness (QED) is 0.241. The molecule has 1 aliphatic heterocycles. The highest BCUT2D eigenvalue weighted by Crippen LogP contribution is 2.40. The molecule has 1 fully saturated rings. The summed E-state index contributed by atoms with van der Waals surface area (Å²) in [5.41, 5.74) is 2.15. The smallest absolute Gasteiger partial charge is 0.271 e. The Hall–Kier alpha value is -2.45. The molecule has 4 rings (SSSR count). The summed E-state index contributed by atoms with van der Waals surface area (Å²) < 4.78 is 12.4. The lowest BCUT2D eigenvalue weighted by atomic mass is 10.1. The van der Waals surface area contributed by atoms with Gasteiger partial charge in [-0.2, -0.15) is 0 Å². The number of nitrogens with zero attached hydrogens (tertiary/aromatic N) is 2. The maximum Gasteiger partial charge on any atom is 0.271 e. The number of carbonyl (C=O) groups is 1. The topological polar surface area (TPSA) is 51.1 Å². The molecule has 1 heterocycles. The van der Waals surface area contributed by atoms with E-state index in [1.54, 1.807) is 41.3 Å². The van der Waals surface area contributed by atoms with Crippen LogP contribution < -0.4 is 14.4 Å². The molecule has 1 saturated heterocycles. The predicted octanol–water partition coefficient (Wildman–Crippen LogP) is 8.75. The molecule has 9 heteroatoms. The van der Waals surface area contributed by atoms with Crippen molar-refractivity contribution in [3.63, 3.8) is 0 Å². The Morgan fingerprint density at radius 2 is 1.61 bits per heavy atom. The van der Waals surface area contributed by atoms with Crippen LogP contribution in [0.2, 0.25) is 10.0 Å². The van der Waals surface area contributed by atoms with Gasteiger partial charge >= 0.3 is 0 Å². The Bertz CT molecular complexity index is 1310. The SMILES string of the molecule is CCCOc1cc(Br)c(/C=C2\SC(=Nc3ccc(Cl)cc3)N(c3ccc(Cl)cc3)C2=O)cc1OCC. The van der Waals surface area contributed by atoms with Crippen LogP contribution in [0.3, 0.4) is 0 Å². The number of benzene rings is 3. The number of halogens is 3. The average Bonchev–Trinajstić information content (AvgIpc) is 3.16. The molecule has 1 aliphatic rings. The lowest BCUT2D eigenvalue weighted by Gasteiger charge is -2.16. The fourth-order valence-corrected chi connectivity index (χ4v) is 5.07. The van der Waals surface area contributed by atoms with E-state index in [1.807, 2.05) is 44.2 Å². The lowest BCUT2D eigenvalue weighted by molar-refractivity contribution is -0.113. The standard InChI is InChI=1S/C27H23BrCl2N2O3S/c1-3-13-35-24-16-22(28)17(14-23(24)34-4-2)15-25-26(33)32(21-11-7-19(30)8-12-21)27(36-25)31-20-9-5-18(29)6-10-20/h5-12,14-16H,3-4,13H2,1-2H3/b25-15-,31-27?. The van der Waals surface area contributed by atoms with Crippen molar-refractivity contribution in [2.24, 2.45) is 4.99 Å². The minimum absolute atomic E-state index is 0.189. The van der Waals surface area contributed by atoms with Gasteiger partial charge in [0.25, 0.3) is 5.91 Å². The van der Waals surface area contributed by atoms with E-state index < -0.39 is 0 Å². The highest BCUT2D eigenvalue weighted by Gasteiger charge is 2.35. The maximum absolute atomic E-state index is 13.6. The van der Waals surface area contributed by atoms with Crippen LogP contribution >= 0.6 is 50.9 Å². The molecule has 0 saturated carbocycles. The van der Waals surface area contributed by atoms with Crippen molar-refractivity contribution in [3.05, 3.63) is 85.7 Å². The first kappa shape index (κ1) is 26.6. The molecule has 0 bridgehead atoms. The number of amidine groups is 1. The van der Waals surface area contributed by atoms with Gasteiger partial charge in [0, 0.05) is 14.5 Å². The van der Waals surface area contributed by atoms with Crippen molar-refractivity contribution < 1.29 is 14.3 Å². The van der Waals surface area contributed by atoms with E-state index in [9.17, 15) is 4.79 Å². The summed E-state index contributed by atoms with van der Waals surface area (Å²) in [5.74, 6) is 1.10. The highest BCUT2D eigenvalue weighted by atomic mass is 79.9. The van der Waals surface area contributed by atoms with Crippen LogP contribution in [0.15, 0.2) is 75.0 Å². The van der Waals surface area contributed by atoms with Crippen LogP contribution in [0.4, 0.5) is 11.4 Å². The number of ether oxygens (including phenoxy) is 2. The summed E-state index contributed by atoms with van der Waals surface area (Å²) >= 11 is 17.0. The number of rotatable bonds is 8. The second-order valence-electron chi connectivity index (χ2n) is 7.70. The molecule has 0 N–H and O–H groups in total. The molecule has 0 aromatic heterocycles. The van der Waals surface area contributed by atoms with Gasteiger partial charge in [-0.1, -0.05) is 46.1 Å². The molecule has 0 aliphatic carbocycles. The first-order valence-corrected chi connectivity index (χ1v) is 13.7. The van der Waals surface area contributed by atoms with E-state index >= 15 is 0 Å². The molecule has 1 amide bonds. The molecule has 3 aromatic carbocycles. The monoisotopic (exact) mass is 604 g/mol. The summed E-state index contributed by atoms with van der Waals surface area (Å²) in [7, 11) is 0. The van der Waals surface area contributed by atoms with Gasteiger partial charge in [-0.3, -0.25) is 9.69 Å². The van der Waals surface area contributed by atoms with Crippen molar-refractivity contribution in [2.45, 2.75) is 20.3 Å². The van der Waals surface area contributed by atoms with Gasteiger partial charge in [0.1, 0.15) is 0 Å². The zero-order chi connectivity index (χ0) is 25.7. The van der Waals surface area contributed by atoms with Crippen LogP contribution in [0.25, 0.3) is 6.08 Å². The lowest BCUT2D eigenvalue weighted by Crippen LogP contribution is -2.28. The Kier molecular flexibility index (Phi) is 9.01. The van der Waals surface area contributed by atoms with Crippen molar-refractivity contribution >= 4 is 79.4 Å². The van der Waals surface area contributed by atoms with Crippen LogP contribution in [-0.2, 0) is 4.79 Å². The zero-order valence-electron chi connectivity index (χ0n) is 19.6. The molecule has 3 aromatic rings. The molecule has 0 spiro atoms. The van der Waals surface area contributed by atoms with E-state index in [0.717, 1.165) is 16.5 Å². The van der Waals surface area contributed by atoms with Gasteiger partial charge in [0.05, 0.1) is 29.5 Å². The van der Waals surface area contributed by atoms with Gasteiger partial charge in [0.2, 0.25) is 0 Å². The third kappa shape index (κ3) is 6.27. The molecule has 0 atom stereocenters. The van der Waals surface area contributed by atoms with E-state index in [1.165, 1.54) is 11.8 Å². The van der Waals surface area contributed by atoms with Gasteiger partial charge in [-0.25, -0.2) is 4.99 Å². The Balaban J connectivity index is 1.75. The second-order valence-corrected chi connectivity index (χ2v) is 10.4. The number of aliphatic imine (C=N–C) groups is 1. The maximum atomic E-state index is 13.6. The minimum atomic E-state index is -0.189. The molecule has 36 heavy (non-hydrogen) atoms. The number of carbonyl (C=O) groups excluding carboxylic acids is 1. The first-order chi connectivity index (χ1) is 17.4. The first-order valence-electron chi connectivity index (χ1n) is 11.3. The molecular weight excluding hydrogens is 583 g/mol. The highest BCUT2D eigenvalue weighted by molar-refractivity contribution is 9.10. The van der Waals surface area contributed by atoms with Crippen LogP contribution in [0, 0.1) is 0 Å². The van der Waals surface area contributed by atoms with Crippen molar-refractivity contribution in [3.8, 4) is 11.5 Å². The van der Waals surface area contributed by atoms with E-state index in [-0.39, 0.29) is 5.91 Å². The number of hydrogen-bond donors (Lipinski definition) is 0. The number of hydrogen-bond acceptors (Lipinski definition) is 5. The zero-order valence-corrected chi connectivity index (χ0v) is 23.5.